The first kappa shape index (κ1) is 44.2. The normalized spacial score (nSPS) is 41.3. The molecule has 3 fully saturated rings. The molecule has 3 aliphatic heterocycles. The summed E-state index contributed by atoms with van der Waals surface area (Å²) in [5, 5.41) is 0. The molecular formula is C21H42O16P10. The Balaban J connectivity index is 1.93. The maximum atomic E-state index is 12.8. The molecule has 0 bridgehead atoms. The Morgan fingerprint density at radius 2 is 0.915 bits per heavy atom. The van der Waals surface area contributed by atoms with Crippen LogP contribution in [0.3, 0.4) is 0 Å². The molecule has 0 saturated carbocycles. The third kappa shape index (κ3) is 11.2. The van der Waals surface area contributed by atoms with Crippen molar-refractivity contribution in [2.45, 2.75) is 91.2 Å². The van der Waals surface area contributed by atoms with Crippen LogP contribution < -0.4 is 0 Å². The van der Waals surface area contributed by atoms with Gasteiger partial charge in [-0.05, 0) is 0 Å². The lowest BCUT2D eigenvalue weighted by Gasteiger charge is -2.49. The molecule has 0 radical (unpaired) electrons. The Kier molecular flexibility index (Phi) is 22.2. The summed E-state index contributed by atoms with van der Waals surface area (Å²) in [7, 11) is 16.6. The van der Waals surface area contributed by atoms with Crippen LogP contribution >= 0.6 is 92.7 Å². The molecule has 16 nitrogen and oxygen atoms in total. The summed E-state index contributed by atoms with van der Waals surface area (Å²) in [5.74, 6) is 0. The van der Waals surface area contributed by atoms with Gasteiger partial charge in [0.1, 0.15) is 72.4 Å². The van der Waals surface area contributed by atoms with E-state index in [-0.39, 0.29) is 34.9 Å². The number of ether oxygens (including phenoxy) is 6. The molecule has 0 N–H and O–H groups in total. The average Bonchev–Trinajstić information content (AvgIpc) is 3.08. The van der Waals surface area contributed by atoms with E-state index >= 15 is 0 Å². The van der Waals surface area contributed by atoms with E-state index in [2.05, 4.69) is 82.3 Å². The summed E-state index contributed by atoms with van der Waals surface area (Å²) in [4.78, 5) is 0. The van der Waals surface area contributed by atoms with Gasteiger partial charge in [-0.3, -0.25) is 9.13 Å². The fourth-order valence-corrected chi connectivity index (χ4v) is 9.11. The van der Waals surface area contributed by atoms with E-state index in [0.717, 1.165) is 0 Å². The minimum atomic E-state index is -1.18. The summed E-state index contributed by atoms with van der Waals surface area (Å²) >= 11 is 0. The van der Waals surface area contributed by atoms with Gasteiger partial charge < -0.3 is 64.6 Å². The monoisotopic (exact) mass is 860 g/mol. The predicted molar refractivity (Wildman–Crippen MR) is 195 cm³/mol. The molecular weight excluding hydrogens is 818 g/mol. The van der Waals surface area contributed by atoms with Gasteiger partial charge in [0.05, 0.1) is 26.4 Å². The van der Waals surface area contributed by atoms with Crippen LogP contribution in [0.15, 0.2) is 12.7 Å². The van der Waals surface area contributed by atoms with Crippen molar-refractivity contribution >= 4 is 92.7 Å². The van der Waals surface area contributed by atoms with Crippen LogP contribution in [-0.4, -0.2) is 118 Å². The molecule has 0 aromatic heterocycles. The topological polar surface area (TPSA) is 163 Å². The van der Waals surface area contributed by atoms with E-state index in [0.29, 0.717) is 0 Å². The molecule has 0 spiro atoms. The minimum Gasteiger partial charge on any atom is -0.363 e. The van der Waals surface area contributed by atoms with Gasteiger partial charge in [-0.25, -0.2) is 0 Å². The van der Waals surface area contributed by atoms with Gasteiger partial charge >= 0.3 is 0 Å². The van der Waals surface area contributed by atoms with Crippen LogP contribution in [0.25, 0.3) is 0 Å². The van der Waals surface area contributed by atoms with Gasteiger partial charge in [0.15, 0.2) is 35.8 Å². The average molecular weight is 860 g/mol. The number of hydrogen-bond acceptors (Lipinski definition) is 16. The molecule has 0 aromatic rings. The standard InChI is InChI=1S/C21H42O16P10/c1-2-3-24-19-16(37-45)13(34-42)10(7(28-19)4-25-38)31-20-17(46-22)14(35-43)11(8(29-20)5-26-39)32-21-18(47-23)15(36-44)12(33-41)9(30-21)6-27-40/h2,7-21H,1,3-6,38-45H2/t7?,8?,9?,10-,11+,12+,13+,14+,15+,16?,17?,18?,19-,20+,21-/m1/s1. The van der Waals surface area contributed by atoms with Gasteiger partial charge in [-0.15, -0.1) is 6.58 Å². The second-order valence-electron chi connectivity index (χ2n) is 10.1. The van der Waals surface area contributed by atoms with E-state index in [4.69, 9.17) is 64.6 Å². The zero-order valence-electron chi connectivity index (χ0n) is 24.8. The minimum absolute atomic E-state index is 0.0363. The summed E-state index contributed by atoms with van der Waals surface area (Å²) in [6.07, 6.45) is -9.74. The van der Waals surface area contributed by atoms with Crippen molar-refractivity contribution in [2.24, 2.45) is 0 Å². The van der Waals surface area contributed by atoms with Crippen LogP contribution in [0.5, 0.6) is 0 Å². The lowest BCUT2D eigenvalue weighted by Crippen LogP contribution is -2.65. The van der Waals surface area contributed by atoms with Crippen LogP contribution in [-0.2, 0) is 73.7 Å². The molecule has 272 valence electrons. The van der Waals surface area contributed by atoms with Gasteiger partial charge in [-0.1, -0.05) is 6.08 Å². The van der Waals surface area contributed by atoms with E-state index < -0.39 is 99.7 Å². The predicted octanol–water partition coefficient (Wildman–Crippen LogP) is 2.75. The summed E-state index contributed by atoms with van der Waals surface area (Å²) in [5.41, 5.74) is -1.83. The smallest absolute Gasteiger partial charge is 0.187 e. The van der Waals surface area contributed by atoms with Crippen molar-refractivity contribution in [3.05, 3.63) is 12.7 Å². The van der Waals surface area contributed by atoms with Crippen molar-refractivity contribution in [3.8, 4) is 0 Å². The molecule has 0 aliphatic carbocycles. The fraction of sp³-hybridized carbons (Fsp3) is 0.905. The maximum Gasteiger partial charge on any atom is 0.187 e. The van der Waals surface area contributed by atoms with Crippen LogP contribution in [0.4, 0.5) is 0 Å². The molecule has 3 rings (SSSR count). The summed E-state index contributed by atoms with van der Waals surface area (Å²) in [6.45, 7) is 3.96. The number of rotatable bonds is 20. The van der Waals surface area contributed by atoms with Gasteiger partial charge in [-0.2, -0.15) is 0 Å². The molecule has 3 aliphatic rings. The first-order valence-electron chi connectivity index (χ1n) is 13.7. The molecule has 3 heterocycles. The van der Waals surface area contributed by atoms with E-state index in [9.17, 15) is 9.13 Å². The highest BCUT2D eigenvalue weighted by molar-refractivity contribution is 7.25. The maximum absolute atomic E-state index is 12.8. The van der Waals surface area contributed by atoms with Crippen molar-refractivity contribution in [3.63, 3.8) is 0 Å². The van der Waals surface area contributed by atoms with Crippen molar-refractivity contribution in [1.29, 1.82) is 0 Å². The zero-order chi connectivity index (χ0) is 34.5. The molecule has 3 saturated heterocycles. The largest absolute Gasteiger partial charge is 0.363 e. The number of hydrogen-bond donors (Lipinski definition) is 0. The third-order valence-corrected chi connectivity index (χ3v) is 11.3. The van der Waals surface area contributed by atoms with Crippen LogP contribution in [0, 0.1) is 0 Å². The lowest BCUT2D eigenvalue weighted by atomic mass is 9.97. The van der Waals surface area contributed by atoms with Crippen molar-refractivity contribution in [2.75, 3.05) is 26.4 Å². The van der Waals surface area contributed by atoms with Crippen molar-refractivity contribution in [1.82, 2.24) is 0 Å². The highest BCUT2D eigenvalue weighted by Gasteiger charge is 2.56. The quantitative estimate of drug-likeness (QED) is 0.130. The fourth-order valence-electron chi connectivity index (χ4n) is 5.51. The Morgan fingerprint density at radius 1 is 0.532 bits per heavy atom. The van der Waals surface area contributed by atoms with Gasteiger partial charge in [0.25, 0.3) is 0 Å². The van der Waals surface area contributed by atoms with E-state index in [1.165, 1.54) is 0 Å². The molecule has 47 heavy (non-hydrogen) atoms. The second kappa shape index (κ2) is 23.6. The molecule has 0 aromatic carbocycles. The van der Waals surface area contributed by atoms with Crippen molar-refractivity contribution < 1.29 is 73.7 Å². The van der Waals surface area contributed by atoms with Gasteiger partial charge in [0, 0.05) is 75.7 Å². The summed E-state index contributed by atoms with van der Waals surface area (Å²) < 4.78 is 107. The molecule has 0 amide bonds. The second-order valence-corrected chi connectivity index (χ2v) is 14.1. The molecule has 26 heteroatoms. The zero-order valence-corrected chi connectivity index (χ0v) is 35.8. The van der Waals surface area contributed by atoms with E-state index in [1.54, 1.807) is 6.08 Å². The Hall–Kier alpha value is 2.82. The molecule has 23 atom stereocenters. The highest BCUT2D eigenvalue weighted by atomic mass is 31.1. The molecule has 14 unspecified atom stereocenters. The lowest BCUT2D eigenvalue weighted by molar-refractivity contribution is -0.342. The van der Waals surface area contributed by atoms with Crippen LogP contribution in [0.2, 0.25) is 0 Å². The van der Waals surface area contributed by atoms with E-state index in [1.807, 2.05) is 0 Å². The highest BCUT2D eigenvalue weighted by Crippen LogP contribution is 2.42. The summed E-state index contributed by atoms with van der Waals surface area (Å²) in [6, 6.07) is 0. The Labute approximate surface area is 295 Å². The Bertz CT molecular complexity index is 954. The third-order valence-electron chi connectivity index (χ3n) is 7.59. The van der Waals surface area contributed by atoms with Gasteiger partial charge in [0.2, 0.25) is 0 Å². The first-order chi connectivity index (χ1) is 22.9. The SMILES string of the molecule is C=CCO[C@@H]1OC(COP)[C@@H](O[C@@H]2OC(COP)[C@H](O[C@H]3OC(COP)[C@H](OP)[C@H](OP)C3P=O)[C@H](OP)C2P=O)[C@H](OP)C1OP. The first-order valence-corrected chi connectivity index (χ1v) is 19.3. The Morgan fingerprint density at radius 3 is 1.30 bits per heavy atom. The van der Waals surface area contributed by atoms with Crippen LogP contribution in [0.1, 0.15) is 0 Å².